The molecule has 1 heterocycles. The summed E-state index contributed by atoms with van der Waals surface area (Å²) in [6.45, 7) is 0.433. The molecule has 2 rings (SSSR count). The van der Waals surface area contributed by atoms with Crippen LogP contribution in [0.2, 0.25) is 0 Å². The van der Waals surface area contributed by atoms with Crippen molar-refractivity contribution in [1.82, 2.24) is 0 Å². The van der Waals surface area contributed by atoms with E-state index in [0.717, 1.165) is 11.6 Å². The highest BCUT2D eigenvalue weighted by Crippen LogP contribution is 2.29. The van der Waals surface area contributed by atoms with Crippen LogP contribution in [0, 0.1) is 20.2 Å². The van der Waals surface area contributed by atoms with Gasteiger partial charge in [-0.25, -0.2) is 0 Å². The fourth-order valence-electron chi connectivity index (χ4n) is 1.52. The number of nitro benzene ring substituents is 2. The summed E-state index contributed by atoms with van der Waals surface area (Å²) in [4.78, 5) is 20.2. The first-order chi connectivity index (χ1) is 9.08. The van der Waals surface area contributed by atoms with Gasteiger partial charge in [-0.3, -0.25) is 20.2 Å². The highest BCUT2D eigenvalue weighted by Gasteiger charge is 2.19. The van der Waals surface area contributed by atoms with E-state index in [9.17, 15) is 20.2 Å². The Morgan fingerprint density at radius 1 is 1.16 bits per heavy atom. The number of rotatable bonds is 5. The standard InChI is InChI=1S/C11H9N3O4S/c15-13(16)9-1-2-10(11(5-9)14(17)18)12-6-8-3-4-19-7-8/h1-5,7,12H,6H2. The van der Waals surface area contributed by atoms with Crippen molar-refractivity contribution in [2.45, 2.75) is 6.54 Å². The number of nitro groups is 2. The number of hydrogen-bond donors (Lipinski definition) is 1. The smallest absolute Gasteiger partial charge is 0.299 e. The van der Waals surface area contributed by atoms with Gasteiger partial charge in [0.15, 0.2) is 0 Å². The molecule has 8 heteroatoms. The summed E-state index contributed by atoms with van der Waals surface area (Å²) in [6.07, 6.45) is 0. The zero-order valence-electron chi connectivity index (χ0n) is 9.61. The summed E-state index contributed by atoms with van der Waals surface area (Å²) < 4.78 is 0. The number of nitrogens with zero attached hydrogens (tertiary/aromatic N) is 2. The van der Waals surface area contributed by atoms with Crippen LogP contribution in [0.4, 0.5) is 17.1 Å². The molecule has 7 nitrogen and oxygen atoms in total. The predicted molar refractivity (Wildman–Crippen MR) is 71.4 cm³/mol. The molecule has 0 saturated heterocycles. The number of non-ortho nitro benzene ring substituents is 1. The maximum absolute atomic E-state index is 10.9. The SMILES string of the molecule is O=[N+]([O-])c1ccc(NCc2ccsc2)c([N+](=O)[O-])c1. The minimum atomic E-state index is -0.657. The van der Waals surface area contributed by atoms with E-state index in [1.54, 1.807) is 0 Å². The third-order valence-electron chi connectivity index (χ3n) is 2.45. The second-order valence-corrected chi connectivity index (χ2v) is 4.48. The molecule has 0 aliphatic rings. The molecule has 2 aromatic rings. The number of thiophene rings is 1. The van der Waals surface area contributed by atoms with Gasteiger partial charge in [-0.2, -0.15) is 11.3 Å². The van der Waals surface area contributed by atoms with Gasteiger partial charge in [0.1, 0.15) is 5.69 Å². The molecule has 0 radical (unpaired) electrons. The lowest BCUT2D eigenvalue weighted by Gasteiger charge is -2.05. The molecule has 0 fully saturated rings. The first kappa shape index (κ1) is 13.0. The van der Waals surface area contributed by atoms with Gasteiger partial charge in [-0.05, 0) is 28.5 Å². The Hall–Kier alpha value is -2.48. The third-order valence-corrected chi connectivity index (χ3v) is 3.18. The van der Waals surface area contributed by atoms with Crippen molar-refractivity contribution in [3.05, 3.63) is 60.8 Å². The summed E-state index contributed by atoms with van der Waals surface area (Å²) in [5.41, 5.74) is 0.664. The van der Waals surface area contributed by atoms with Gasteiger partial charge < -0.3 is 5.32 Å². The van der Waals surface area contributed by atoms with Crippen LogP contribution >= 0.6 is 11.3 Å². The van der Waals surface area contributed by atoms with Gasteiger partial charge in [0.25, 0.3) is 11.4 Å². The van der Waals surface area contributed by atoms with Crippen molar-refractivity contribution < 1.29 is 9.85 Å². The number of nitrogens with one attached hydrogen (secondary N) is 1. The molecule has 1 N–H and O–H groups in total. The maximum Gasteiger partial charge on any atom is 0.299 e. The van der Waals surface area contributed by atoms with Crippen LogP contribution in [-0.4, -0.2) is 9.85 Å². The highest BCUT2D eigenvalue weighted by molar-refractivity contribution is 7.07. The minimum Gasteiger partial charge on any atom is -0.375 e. The molecule has 0 bridgehead atoms. The van der Waals surface area contributed by atoms with E-state index in [1.807, 2.05) is 16.8 Å². The molecule has 1 aromatic carbocycles. The van der Waals surface area contributed by atoms with Crippen molar-refractivity contribution in [2.75, 3.05) is 5.32 Å². The largest absolute Gasteiger partial charge is 0.375 e. The van der Waals surface area contributed by atoms with Crippen molar-refractivity contribution in [1.29, 1.82) is 0 Å². The quantitative estimate of drug-likeness (QED) is 0.669. The van der Waals surface area contributed by atoms with Crippen LogP contribution in [0.5, 0.6) is 0 Å². The van der Waals surface area contributed by atoms with Crippen LogP contribution in [-0.2, 0) is 6.54 Å². The second-order valence-electron chi connectivity index (χ2n) is 3.70. The lowest BCUT2D eigenvalue weighted by atomic mass is 10.2. The molecule has 0 unspecified atom stereocenters. The molecule has 0 atom stereocenters. The Morgan fingerprint density at radius 2 is 1.95 bits per heavy atom. The van der Waals surface area contributed by atoms with Crippen molar-refractivity contribution >= 4 is 28.4 Å². The second kappa shape index (κ2) is 5.44. The van der Waals surface area contributed by atoms with Gasteiger partial charge in [0, 0.05) is 12.6 Å². The fourth-order valence-corrected chi connectivity index (χ4v) is 2.19. The Bertz CT molecular complexity index is 612. The molecule has 0 spiro atoms. The average Bonchev–Trinajstić information content (AvgIpc) is 2.89. The van der Waals surface area contributed by atoms with E-state index < -0.39 is 9.85 Å². The van der Waals surface area contributed by atoms with E-state index in [-0.39, 0.29) is 17.1 Å². The normalized spacial score (nSPS) is 10.1. The van der Waals surface area contributed by atoms with Gasteiger partial charge in [0.05, 0.1) is 15.9 Å². The average molecular weight is 279 g/mol. The molecular weight excluding hydrogens is 270 g/mol. The summed E-state index contributed by atoms with van der Waals surface area (Å²) in [5.74, 6) is 0. The third kappa shape index (κ3) is 3.05. The predicted octanol–water partition coefficient (Wildman–Crippen LogP) is 3.18. The molecule has 0 aliphatic heterocycles. The van der Waals surface area contributed by atoms with Crippen molar-refractivity contribution in [3.63, 3.8) is 0 Å². The minimum absolute atomic E-state index is 0.266. The first-order valence-electron chi connectivity index (χ1n) is 5.25. The maximum atomic E-state index is 10.9. The first-order valence-corrected chi connectivity index (χ1v) is 6.20. The zero-order valence-corrected chi connectivity index (χ0v) is 10.4. The summed E-state index contributed by atoms with van der Waals surface area (Å²) in [7, 11) is 0. The van der Waals surface area contributed by atoms with Crippen molar-refractivity contribution in [3.8, 4) is 0 Å². The molecule has 0 amide bonds. The molecular formula is C11H9N3O4S. The summed E-state index contributed by atoms with van der Waals surface area (Å²) in [5, 5.41) is 28.2. The lowest BCUT2D eigenvalue weighted by Crippen LogP contribution is -2.02. The van der Waals surface area contributed by atoms with Gasteiger partial charge in [-0.15, -0.1) is 0 Å². The summed E-state index contributed by atoms with van der Waals surface area (Å²) >= 11 is 1.53. The van der Waals surface area contributed by atoms with Crippen LogP contribution in [0.15, 0.2) is 35.0 Å². The van der Waals surface area contributed by atoms with E-state index in [0.29, 0.717) is 6.54 Å². The Labute approximate surface area is 111 Å². The highest BCUT2D eigenvalue weighted by atomic mass is 32.1. The van der Waals surface area contributed by atoms with Crippen molar-refractivity contribution in [2.24, 2.45) is 0 Å². The van der Waals surface area contributed by atoms with Crippen LogP contribution in [0.3, 0.4) is 0 Å². The lowest BCUT2D eigenvalue weighted by molar-refractivity contribution is -0.393. The Morgan fingerprint density at radius 3 is 2.53 bits per heavy atom. The van der Waals surface area contributed by atoms with Crippen LogP contribution < -0.4 is 5.32 Å². The Balaban J connectivity index is 2.24. The number of anilines is 1. The van der Waals surface area contributed by atoms with Gasteiger partial charge >= 0.3 is 0 Å². The van der Waals surface area contributed by atoms with E-state index >= 15 is 0 Å². The zero-order chi connectivity index (χ0) is 13.8. The van der Waals surface area contributed by atoms with E-state index in [1.165, 1.54) is 23.5 Å². The van der Waals surface area contributed by atoms with Gasteiger partial charge in [0.2, 0.25) is 0 Å². The topological polar surface area (TPSA) is 98.3 Å². The van der Waals surface area contributed by atoms with Crippen LogP contribution in [0.25, 0.3) is 0 Å². The fraction of sp³-hybridized carbons (Fsp3) is 0.0909. The summed E-state index contributed by atoms with van der Waals surface area (Å²) in [6, 6.07) is 5.44. The monoisotopic (exact) mass is 279 g/mol. The molecule has 19 heavy (non-hydrogen) atoms. The number of hydrogen-bond acceptors (Lipinski definition) is 6. The molecule has 0 saturated carbocycles. The molecule has 0 aliphatic carbocycles. The van der Waals surface area contributed by atoms with Gasteiger partial charge in [-0.1, -0.05) is 0 Å². The Kier molecular flexibility index (Phi) is 3.71. The molecule has 98 valence electrons. The molecule has 1 aromatic heterocycles. The number of benzene rings is 1. The van der Waals surface area contributed by atoms with E-state index in [2.05, 4.69) is 5.32 Å². The van der Waals surface area contributed by atoms with E-state index in [4.69, 9.17) is 0 Å². The van der Waals surface area contributed by atoms with Crippen LogP contribution in [0.1, 0.15) is 5.56 Å².